The lowest BCUT2D eigenvalue weighted by molar-refractivity contribution is -0.123. The molecule has 0 saturated heterocycles. The number of rotatable bonds is 2. The zero-order valence-corrected chi connectivity index (χ0v) is 13.9. The molecular formula is C17H34O2. The van der Waals surface area contributed by atoms with Gasteiger partial charge in [-0.25, -0.2) is 0 Å². The third-order valence-electron chi connectivity index (χ3n) is 3.61. The van der Waals surface area contributed by atoms with Crippen molar-refractivity contribution in [2.45, 2.75) is 86.5 Å². The first-order chi connectivity index (χ1) is 9.11. The van der Waals surface area contributed by atoms with Crippen LogP contribution in [0.4, 0.5) is 0 Å². The van der Waals surface area contributed by atoms with Crippen molar-refractivity contribution in [1.29, 1.82) is 0 Å². The molecule has 2 aliphatic carbocycles. The summed E-state index contributed by atoms with van der Waals surface area (Å²) < 4.78 is 0. The van der Waals surface area contributed by atoms with Crippen molar-refractivity contribution < 1.29 is 9.59 Å². The molecule has 0 aromatic carbocycles. The normalized spacial score (nSPS) is 17.6. The Hall–Kier alpha value is -0.660. The summed E-state index contributed by atoms with van der Waals surface area (Å²) in [7, 11) is 0. The second-order valence-electron chi connectivity index (χ2n) is 4.83. The Labute approximate surface area is 120 Å². The molecule has 2 aliphatic rings. The Bertz CT molecular complexity index is 223. The molecule has 0 atom stereocenters. The van der Waals surface area contributed by atoms with Crippen LogP contribution >= 0.6 is 0 Å². The smallest absolute Gasteiger partial charge is 0.132 e. The molecule has 0 N–H and O–H groups in total. The van der Waals surface area contributed by atoms with Crippen molar-refractivity contribution in [3.05, 3.63) is 0 Å². The van der Waals surface area contributed by atoms with Crippen molar-refractivity contribution in [3.63, 3.8) is 0 Å². The van der Waals surface area contributed by atoms with Gasteiger partial charge < -0.3 is 0 Å². The fourth-order valence-corrected chi connectivity index (χ4v) is 2.15. The summed E-state index contributed by atoms with van der Waals surface area (Å²) in [6, 6.07) is 0. The average Bonchev–Trinajstić information content (AvgIpc) is 2.86. The van der Waals surface area contributed by atoms with E-state index in [1.54, 1.807) is 13.8 Å². The monoisotopic (exact) mass is 270 g/mol. The van der Waals surface area contributed by atoms with Crippen molar-refractivity contribution in [2.75, 3.05) is 0 Å². The van der Waals surface area contributed by atoms with Crippen LogP contribution in [0.5, 0.6) is 0 Å². The maximum Gasteiger partial charge on any atom is 0.132 e. The van der Waals surface area contributed by atoms with Crippen molar-refractivity contribution >= 4 is 11.6 Å². The zero-order valence-electron chi connectivity index (χ0n) is 13.9. The van der Waals surface area contributed by atoms with E-state index in [0.717, 1.165) is 25.7 Å². The van der Waals surface area contributed by atoms with Crippen LogP contribution in [0.1, 0.15) is 86.5 Å². The highest BCUT2D eigenvalue weighted by molar-refractivity contribution is 5.79. The Morgan fingerprint density at radius 3 is 1.00 bits per heavy atom. The minimum Gasteiger partial charge on any atom is -0.300 e. The molecule has 0 heterocycles. The average molecular weight is 270 g/mol. The molecule has 0 aromatic rings. The quantitative estimate of drug-likeness (QED) is 0.691. The number of carbonyl (C=O) groups is 2. The van der Waals surface area contributed by atoms with E-state index in [1.165, 1.54) is 19.3 Å². The minimum absolute atomic E-state index is 0.381. The lowest BCUT2D eigenvalue weighted by Gasteiger charge is -2.21. The van der Waals surface area contributed by atoms with Crippen LogP contribution in [0.25, 0.3) is 0 Å². The molecule has 0 amide bonds. The minimum atomic E-state index is 0.381. The number of ketones is 2. The summed E-state index contributed by atoms with van der Waals surface area (Å²) in [5.41, 5.74) is 0. The predicted molar refractivity (Wildman–Crippen MR) is 83.4 cm³/mol. The largest absolute Gasteiger partial charge is 0.300 e. The molecule has 0 radical (unpaired) electrons. The van der Waals surface area contributed by atoms with E-state index in [-0.39, 0.29) is 0 Å². The lowest BCUT2D eigenvalue weighted by Crippen LogP contribution is -2.18. The summed E-state index contributed by atoms with van der Waals surface area (Å²) in [6.45, 7) is 11.4. The fraction of sp³-hybridized carbons (Fsp3) is 0.882. The maximum absolute atomic E-state index is 10.6. The third kappa shape index (κ3) is 9.86. The van der Waals surface area contributed by atoms with Gasteiger partial charge in [0.05, 0.1) is 0 Å². The van der Waals surface area contributed by atoms with Gasteiger partial charge in [0, 0.05) is 11.8 Å². The summed E-state index contributed by atoms with van der Waals surface area (Å²) in [5.74, 6) is 1.64. The highest BCUT2D eigenvalue weighted by Gasteiger charge is 2.20. The van der Waals surface area contributed by atoms with Crippen LogP contribution in [-0.2, 0) is 9.59 Å². The van der Waals surface area contributed by atoms with E-state index < -0.39 is 0 Å². The predicted octanol–water partition coefficient (Wildman–Crippen LogP) is 5.19. The van der Waals surface area contributed by atoms with Gasteiger partial charge in [0.25, 0.3) is 0 Å². The summed E-state index contributed by atoms with van der Waals surface area (Å²) >= 11 is 0. The van der Waals surface area contributed by atoms with Gasteiger partial charge in [-0.2, -0.15) is 0 Å². The van der Waals surface area contributed by atoms with Gasteiger partial charge in [-0.05, 0) is 39.5 Å². The van der Waals surface area contributed by atoms with E-state index >= 15 is 0 Å². The molecule has 2 nitrogen and oxygen atoms in total. The molecule has 0 bridgehead atoms. The van der Waals surface area contributed by atoms with Crippen LogP contribution in [0, 0.1) is 11.8 Å². The zero-order chi connectivity index (χ0) is 15.3. The van der Waals surface area contributed by atoms with E-state index in [9.17, 15) is 9.59 Å². The van der Waals surface area contributed by atoms with Gasteiger partial charge in [-0.3, -0.25) is 9.59 Å². The third-order valence-corrected chi connectivity index (χ3v) is 3.61. The second-order valence-corrected chi connectivity index (χ2v) is 4.83. The second kappa shape index (κ2) is 13.8. The van der Waals surface area contributed by atoms with Crippen LogP contribution in [-0.4, -0.2) is 11.6 Å². The number of carbonyl (C=O) groups excluding carboxylic acids is 2. The first kappa shape index (κ1) is 20.7. The van der Waals surface area contributed by atoms with Crippen molar-refractivity contribution in [2.24, 2.45) is 11.8 Å². The first-order valence-corrected chi connectivity index (χ1v) is 8.12. The van der Waals surface area contributed by atoms with Gasteiger partial charge in [0.15, 0.2) is 0 Å². The molecule has 2 heteroatoms. The Balaban J connectivity index is 0. The highest BCUT2D eigenvalue weighted by Crippen LogP contribution is 2.26. The number of hydrogen-bond donors (Lipinski definition) is 0. The molecule has 0 aliphatic heterocycles. The van der Waals surface area contributed by atoms with Crippen molar-refractivity contribution in [1.82, 2.24) is 0 Å². The van der Waals surface area contributed by atoms with E-state index in [0.29, 0.717) is 23.4 Å². The van der Waals surface area contributed by atoms with Gasteiger partial charge >= 0.3 is 0 Å². The molecular weight excluding hydrogens is 236 g/mol. The molecule has 0 spiro atoms. The Morgan fingerprint density at radius 2 is 0.895 bits per heavy atom. The fourth-order valence-electron chi connectivity index (χ4n) is 2.15. The summed E-state index contributed by atoms with van der Waals surface area (Å²) in [5, 5.41) is 0. The van der Waals surface area contributed by atoms with Crippen LogP contribution in [0.2, 0.25) is 0 Å². The number of hydrogen-bond acceptors (Lipinski definition) is 2. The van der Waals surface area contributed by atoms with E-state index in [2.05, 4.69) is 0 Å². The maximum atomic E-state index is 10.6. The molecule has 114 valence electrons. The molecule has 2 rings (SSSR count). The van der Waals surface area contributed by atoms with Crippen LogP contribution < -0.4 is 0 Å². The van der Waals surface area contributed by atoms with Gasteiger partial charge in [0.2, 0.25) is 0 Å². The van der Waals surface area contributed by atoms with Crippen molar-refractivity contribution in [3.8, 4) is 0 Å². The van der Waals surface area contributed by atoms with Gasteiger partial charge in [0.1, 0.15) is 11.6 Å². The van der Waals surface area contributed by atoms with Crippen LogP contribution in [0.15, 0.2) is 0 Å². The molecule has 19 heavy (non-hydrogen) atoms. The summed E-state index contributed by atoms with van der Waals surface area (Å²) in [4.78, 5) is 21.1. The standard InChI is InChI=1S/C7H12O.C6H10O.2C2H6/c1-6(8)7-4-2-3-5-7;1-5(7)6-3-2-4-6;2*1-2/h7H,2-5H2,1H3;6H,2-4H2,1H3;2*1-2H3. The molecule has 2 saturated carbocycles. The lowest BCUT2D eigenvalue weighted by atomic mass is 9.83. The van der Waals surface area contributed by atoms with Gasteiger partial charge in [-0.15, -0.1) is 0 Å². The first-order valence-electron chi connectivity index (χ1n) is 8.12. The highest BCUT2D eigenvalue weighted by atomic mass is 16.1. The Morgan fingerprint density at radius 1 is 0.632 bits per heavy atom. The van der Waals surface area contributed by atoms with E-state index in [4.69, 9.17) is 0 Å². The topological polar surface area (TPSA) is 34.1 Å². The SMILES string of the molecule is CC.CC.CC(=O)C1CCC1.CC(=O)C1CCCC1. The Kier molecular flexibility index (Phi) is 15.0. The van der Waals surface area contributed by atoms with Crippen LogP contribution in [0.3, 0.4) is 0 Å². The van der Waals surface area contributed by atoms with Gasteiger partial charge in [-0.1, -0.05) is 47.0 Å². The van der Waals surface area contributed by atoms with E-state index in [1.807, 2.05) is 27.7 Å². The number of Topliss-reactive ketones (excluding diaryl/α,β-unsaturated/α-hetero) is 2. The molecule has 0 aromatic heterocycles. The summed E-state index contributed by atoms with van der Waals surface area (Å²) in [6.07, 6.45) is 8.40. The molecule has 2 fully saturated rings. The molecule has 0 unspecified atom stereocenters.